The maximum atomic E-state index is 12.8. The topological polar surface area (TPSA) is 75.6 Å². The second-order valence-electron chi connectivity index (χ2n) is 6.39. The number of hydrogen-bond acceptors (Lipinski definition) is 4. The number of ether oxygens (including phenoxy) is 1. The molecule has 0 aliphatic heterocycles. The Kier molecular flexibility index (Phi) is 6.69. The molecular formula is C20H23NO4S. The first-order valence-corrected chi connectivity index (χ1v) is 9.33. The molecule has 0 aromatic heterocycles. The number of hydrogen-bond donors (Lipinski definition) is 2. The molecule has 0 heterocycles. The van der Waals surface area contributed by atoms with E-state index in [0.29, 0.717) is 11.4 Å². The Hall–Kier alpha value is -2.47. The van der Waals surface area contributed by atoms with E-state index in [9.17, 15) is 9.59 Å². The molecule has 2 aromatic carbocycles. The summed E-state index contributed by atoms with van der Waals surface area (Å²) in [4.78, 5) is 23.4. The minimum Gasteiger partial charge on any atom is -0.497 e. The van der Waals surface area contributed by atoms with Crippen LogP contribution in [-0.4, -0.2) is 29.8 Å². The largest absolute Gasteiger partial charge is 0.497 e. The lowest BCUT2D eigenvalue weighted by Gasteiger charge is -2.24. The third-order valence-corrected chi connectivity index (χ3v) is 5.05. The summed E-state index contributed by atoms with van der Waals surface area (Å²) in [6.45, 7) is 3.74. The zero-order valence-electron chi connectivity index (χ0n) is 15.1. The van der Waals surface area contributed by atoms with Gasteiger partial charge in [-0.1, -0.05) is 24.3 Å². The first-order chi connectivity index (χ1) is 12.3. The van der Waals surface area contributed by atoms with Gasteiger partial charge in [0.1, 0.15) is 5.75 Å². The lowest BCUT2D eigenvalue weighted by molar-refractivity contribution is -0.133. The first kappa shape index (κ1) is 19.8. The van der Waals surface area contributed by atoms with Gasteiger partial charge in [0.2, 0.25) is 5.91 Å². The average molecular weight is 373 g/mol. The molecule has 0 radical (unpaired) electrons. The highest BCUT2D eigenvalue weighted by Gasteiger charge is 2.29. The lowest BCUT2D eigenvalue weighted by atomic mass is 9.83. The van der Waals surface area contributed by atoms with Crippen LogP contribution in [0.4, 0.5) is 5.69 Å². The number of anilines is 1. The number of methoxy groups -OCH3 is 1. The van der Waals surface area contributed by atoms with Gasteiger partial charge in [-0.25, -0.2) is 0 Å². The van der Waals surface area contributed by atoms with Crippen LogP contribution < -0.4 is 10.1 Å². The molecule has 0 aliphatic rings. The SMILES string of the molecule is COc1ccc(C(C)(C)C(=O)Nc2cccc(CSCC(=O)O)c2)cc1. The van der Waals surface area contributed by atoms with E-state index in [-0.39, 0.29) is 11.7 Å². The highest BCUT2D eigenvalue weighted by Crippen LogP contribution is 2.27. The third kappa shape index (κ3) is 5.26. The Balaban J connectivity index is 2.06. The van der Waals surface area contributed by atoms with Crippen LogP contribution in [0.5, 0.6) is 5.75 Å². The molecular weight excluding hydrogens is 350 g/mol. The van der Waals surface area contributed by atoms with Crippen molar-refractivity contribution in [3.05, 3.63) is 59.7 Å². The van der Waals surface area contributed by atoms with E-state index in [1.165, 1.54) is 11.8 Å². The molecule has 0 aliphatic carbocycles. The first-order valence-electron chi connectivity index (χ1n) is 8.17. The quantitative estimate of drug-likeness (QED) is 0.733. The third-order valence-electron chi connectivity index (χ3n) is 4.06. The van der Waals surface area contributed by atoms with Gasteiger partial charge in [0.05, 0.1) is 18.3 Å². The summed E-state index contributed by atoms with van der Waals surface area (Å²) in [5.74, 6) is 0.439. The molecule has 138 valence electrons. The second kappa shape index (κ2) is 8.76. The van der Waals surface area contributed by atoms with E-state index < -0.39 is 11.4 Å². The van der Waals surface area contributed by atoms with Crippen molar-refractivity contribution in [3.8, 4) is 5.75 Å². The molecule has 0 bridgehead atoms. The number of carbonyl (C=O) groups excluding carboxylic acids is 1. The molecule has 2 N–H and O–H groups in total. The van der Waals surface area contributed by atoms with Crippen LogP contribution in [-0.2, 0) is 20.8 Å². The molecule has 0 spiro atoms. The number of carboxylic acid groups (broad SMARTS) is 1. The van der Waals surface area contributed by atoms with Crippen LogP contribution in [0.3, 0.4) is 0 Å². The van der Waals surface area contributed by atoms with E-state index in [0.717, 1.165) is 16.9 Å². The van der Waals surface area contributed by atoms with Crippen molar-refractivity contribution in [2.24, 2.45) is 0 Å². The maximum Gasteiger partial charge on any atom is 0.313 e. The highest BCUT2D eigenvalue weighted by atomic mass is 32.2. The molecule has 0 atom stereocenters. The Labute approximate surface area is 157 Å². The van der Waals surface area contributed by atoms with Gasteiger partial charge in [-0.2, -0.15) is 0 Å². The number of thioether (sulfide) groups is 1. The molecule has 2 aromatic rings. The van der Waals surface area contributed by atoms with Gasteiger partial charge in [-0.3, -0.25) is 9.59 Å². The molecule has 2 rings (SSSR count). The molecule has 0 saturated heterocycles. The fourth-order valence-corrected chi connectivity index (χ4v) is 3.11. The Morgan fingerprint density at radius 1 is 1.15 bits per heavy atom. The van der Waals surface area contributed by atoms with E-state index in [2.05, 4.69) is 5.32 Å². The fraction of sp³-hybridized carbons (Fsp3) is 0.300. The van der Waals surface area contributed by atoms with Crippen LogP contribution in [0.15, 0.2) is 48.5 Å². The molecule has 6 heteroatoms. The monoisotopic (exact) mass is 373 g/mol. The summed E-state index contributed by atoms with van der Waals surface area (Å²) in [7, 11) is 1.61. The van der Waals surface area contributed by atoms with Crippen molar-refractivity contribution in [1.29, 1.82) is 0 Å². The Morgan fingerprint density at radius 2 is 1.85 bits per heavy atom. The zero-order chi connectivity index (χ0) is 19.2. The number of carboxylic acids is 1. The van der Waals surface area contributed by atoms with Crippen molar-refractivity contribution >= 4 is 29.3 Å². The Morgan fingerprint density at radius 3 is 2.46 bits per heavy atom. The summed E-state index contributed by atoms with van der Waals surface area (Å²) in [6.07, 6.45) is 0. The molecule has 26 heavy (non-hydrogen) atoms. The van der Waals surface area contributed by atoms with Crippen molar-refractivity contribution in [2.75, 3.05) is 18.2 Å². The second-order valence-corrected chi connectivity index (χ2v) is 7.38. The van der Waals surface area contributed by atoms with Gasteiger partial charge in [0.25, 0.3) is 0 Å². The fourth-order valence-electron chi connectivity index (χ4n) is 2.42. The average Bonchev–Trinajstić information content (AvgIpc) is 2.61. The van der Waals surface area contributed by atoms with Gasteiger partial charge in [-0.15, -0.1) is 11.8 Å². The molecule has 0 saturated carbocycles. The number of nitrogens with one attached hydrogen (secondary N) is 1. The van der Waals surface area contributed by atoms with Crippen LogP contribution in [0, 0.1) is 0 Å². The van der Waals surface area contributed by atoms with E-state index >= 15 is 0 Å². The van der Waals surface area contributed by atoms with Gasteiger partial charge in [0.15, 0.2) is 0 Å². The number of rotatable bonds is 8. The molecule has 0 unspecified atom stereocenters. The zero-order valence-corrected chi connectivity index (χ0v) is 15.9. The predicted molar refractivity (Wildman–Crippen MR) is 105 cm³/mol. The maximum absolute atomic E-state index is 12.8. The number of amides is 1. The smallest absolute Gasteiger partial charge is 0.313 e. The summed E-state index contributed by atoms with van der Waals surface area (Å²) < 4.78 is 5.16. The van der Waals surface area contributed by atoms with Crippen LogP contribution in [0.25, 0.3) is 0 Å². The standard InChI is InChI=1S/C20H23NO4S/c1-20(2,15-7-9-17(25-3)10-8-15)19(24)21-16-6-4-5-14(11-16)12-26-13-18(22)23/h4-11H,12-13H2,1-3H3,(H,21,24)(H,22,23). The number of aliphatic carboxylic acids is 1. The van der Waals surface area contributed by atoms with Crippen molar-refractivity contribution in [2.45, 2.75) is 25.0 Å². The van der Waals surface area contributed by atoms with Crippen molar-refractivity contribution in [3.63, 3.8) is 0 Å². The van der Waals surface area contributed by atoms with Gasteiger partial charge >= 0.3 is 5.97 Å². The van der Waals surface area contributed by atoms with Crippen molar-refractivity contribution < 1.29 is 19.4 Å². The summed E-state index contributed by atoms with van der Waals surface area (Å²) in [5, 5.41) is 11.7. The number of carbonyl (C=O) groups is 2. The van der Waals surface area contributed by atoms with E-state index in [1.54, 1.807) is 7.11 Å². The Bertz CT molecular complexity index is 772. The molecule has 5 nitrogen and oxygen atoms in total. The van der Waals surface area contributed by atoms with Crippen LogP contribution >= 0.6 is 11.8 Å². The lowest BCUT2D eigenvalue weighted by Crippen LogP contribution is -2.34. The van der Waals surface area contributed by atoms with Crippen LogP contribution in [0.1, 0.15) is 25.0 Å². The van der Waals surface area contributed by atoms with E-state index in [1.807, 2.05) is 62.4 Å². The molecule has 0 fully saturated rings. The summed E-state index contributed by atoms with van der Waals surface area (Å²) in [6, 6.07) is 14.9. The number of benzene rings is 2. The molecule has 1 amide bonds. The minimum absolute atomic E-state index is 0.0566. The minimum atomic E-state index is -0.833. The summed E-state index contributed by atoms with van der Waals surface area (Å²) in [5.41, 5.74) is 1.85. The van der Waals surface area contributed by atoms with E-state index in [4.69, 9.17) is 9.84 Å². The van der Waals surface area contributed by atoms with Crippen LogP contribution in [0.2, 0.25) is 0 Å². The summed E-state index contributed by atoms with van der Waals surface area (Å²) >= 11 is 1.32. The van der Waals surface area contributed by atoms with Gasteiger partial charge in [0, 0.05) is 11.4 Å². The van der Waals surface area contributed by atoms with Gasteiger partial charge in [-0.05, 0) is 49.2 Å². The van der Waals surface area contributed by atoms with Crippen molar-refractivity contribution in [1.82, 2.24) is 0 Å². The predicted octanol–water partition coefficient (Wildman–Crippen LogP) is 3.93. The van der Waals surface area contributed by atoms with Gasteiger partial charge < -0.3 is 15.2 Å². The normalized spacial score (nSPS) is 11.0. The highest BCUT2D eigenvalue weighted by molar-refractivity contribution is 7.99.